The molecule has 1 atom stereocenters. The maximum Gasteiger partial charge on any atom is 0.150 e. The number of rotatable bonds is 3. The SMILES string of the molecule is Cc1cc(C(C)c2cccc(C=O)c2)c2c(c1)C(C)(C)CCC2(C)C. The van der Waals surface area contributed by atoms with Crippen LogP contribution in [0, 0.1) is 6.92 Å². The molecule has 0 spiro atoms. The van der Waals surface area contributed by atoms with Gasteiger partial charge in [0.25, 0.3) is 0 Å². The van der Waals surface area contributed by atoms with E-state index in [0.717, 1.165) is 11.8 Å². The number of aryl methyl sites for hydroxylation is 1. The van der Waals surface area contributed by atoms with Crippen molar-refractivity contribution in [2.75, 3.05) is 0 Å². The van der Waals surface area contributed by atoms with E-state index in [0.29, 0.717) is 0 Å². The van der Waals surface area contributed by atoms with Gasteiger partial charge in [-0.2, -0.15) is 0 Å². The minimum absolute atomic E-state index is 0.185. The van der Waals surface area contributed by atoms with Crippen molar-refractivity contribution in [2.24, 2.45) is 0 Å². The zero-order chi connectivity index (χ0) is 18.4. The fourth-order valence-corrected chi connectivity index (χ4v) is 4.41. The molecule has 3 rings (SSSR count). The van der Waals surface area contributed by atoms with Gasteiger partial charge in [-0.15, -0.1) is 0 Å². The first-order valence-electron chi connectivity index (χ1n) is 9.36. The second-order valence-electron chi connectivity index (χ2n) is 9.05. The Morgan fingerprint density at radius 3 is 2.36 bits per heavy atom. The van der Waals surface area contributed by atoms with Gasteiger partial charge < -0.3 is 0 Å². The highest BCUT2D eigenvalue weighted by molar-refractivity contribution is 5.75. The predicted molar refractivity (Wildman–Crippen MR) is 106 cm³/mol. The monoisotopic (exact) mass is 334 g/mol. The van der Waals surface area contributed by atoms with Crippen LogP contribution < -0.4 is 0 Å². The van der Waals surface area contributed by atoms with Crippen molar-refractivity contribution in [3.05, 3.63) is 69.8 Å². The van der Waals surface area contributed by atoms with Gasteiger partial charge in [-0.3, -0.25) is 4.79 Å². The Morgan fingerprint density at radius 1 is 1.00 bits per heavy atom. The fourth-order valence-electron chi connectivity index (χ4n) is 4.41. The summed E-state index contributed by atoms with van der Waals surface area (Å²) in [6.45, 7) is 14.0. The molecule has 0 radical (unpaired) electrons. The average Bonchev–Trinajstić information content (AvgIpc) is 2.57. The Labute approximate surface area is 152 Å². The molecule has 0 amide bonds. The van der Waals surface area contributed by atoms with Crippen molar-refractivity contribution >= 4 is 6.29 Å². The summed E-state index contributed by atoms with van der Waals surface area (Å²) in [5.41, 5.74) is 8.17. The van der Waals surface area contributed by atoms with E-state index < -0.39 is 0 Å². The lowest BCUT2D eigenvalue weighted by Crippen LogP contribution is -2.35. The zero-order valence-corrected chi connectivity index (χ0v) is 16.4. The van der Waals surface area contributed by atoms with Gasteiger partial charge in [-0.05, 0) is 58.9 Å². The van der Waals surface area contributed by atoms with Crippen LogP contribution in [0.5, 0.6) is 0 Å². The zero-order valence-electron chi connectivity index (χ0n) is 16.4. The highest BCUT2D eigenvalue weighted by Gasteiger charge is 2.39. The number of carbonyl (C=O) groups excluding carboxylic acids is 1. The Morgan fingerprint density at radius 2 is 1.68 bits per heavy atom. The van der Waals surface area contributed by atoms with Crippen molar-refractivity contribution in [3.8, 4) is 0 Å². The number of hydrogen-bond acceptors (Lipinski definition) is 1. The molecule has 2 aromatic rings. The number of hydrogen-bond donors (Lipinski definition) is 0. The highest BCUT2D eigenvalue weighted by Crippen LogP contribution is 2.49. The van der Waals surface area contributed by atoms with Crippen LogP contribution in [-0.2, 0) is 10.8 Å². The molecule has 1 aliphatic carbocycles. The smallest absolute Gasteiger partial charge is 0.150 e. The van der Waals surface area contributed by atoms with Crippen LogP contribution in [0.3, 0.4) is 0 Å². The van der Waals surface area contributed by atoms with E-state index >= 15 is 0 Å². The topological polar surface area (TPSA) is 17.1 Å². The summed E-state index contributed by atoms with van der Waals surface area (Å²) < 4.78 is 0. The van der Waals surface area contributed by atoms with Crippen molar-refractivity contribution in [1.29, 1.82) is 0 Å². The highest BCUT2D eigenvalue weighted by atomic mass is 16.1. The van der Waals surface area contributed by atoms with Gasteiger partial charge >= 0.3 is 0 Å². The maximum atomic E-state index is 11.2. The standard InChI is InChI=1S/C24H30O/c1-16-12-20(17(2)19-9-7-8-18(14-19)15-25)22-21(13-16)23(3,4)10-11-24(22,5)6/h7-9,12-15,17H,10-11H2,1-6H3. The minimum Gasteiger partial charge on any atom is -0.298 e. The van der Waals surface area contributed by atoms with Crippen LogP contribution in [0.1, 0.15) is 91.6 Å². The first-order valence-corrected chi connectivity index (χ1v) is 9.36. The molecule has 0 N–H and O–H groups in total. The van der Waals surface area contributed by atoms with E-state index in [1.165, 1.54) is 40.7 Å². The number of carbonyl (C=O) groups is 1. The Balaban J connectivity index is 2.23. The van der Waals surface area contributed by atoms with Gasteiger partial charge in [-0.25, -0.2) is 0 Å². The maximum absolute atomic E-state index is 11.2. The molecule has 0 aliphatic heterocycles. The lowest BCUT2D eigenvalue weighted by molar-refractivity contribution is 0.112. The van der Waals surface area contributed by atoms with Crippen molar-refractivity contribution in [3.63, 3.8) is 0 Å². The fraction of sp³-hybridized carbons (Fsp3) is 0.458. The summed E-state index contributed by atoms with van der Waals surface area (Å²) in [6, 6.07) is 12.8. The summed E-state index contributed by atoms with van der Waals surface area (Å²) in [5.74, 6) is 0.279. The molecule has 25 heavy (non-hydrogen) atoms. The van der Waals surface area contributed by atoms with Crippen molar-refractivity contribution in [2.45, 2.75) is 71.1 Å². The van der Waals surface area contributed by atoms with Gasteiger partial charge in [0.2, 0.25) is 0 Å². The van der Waals surface area contributed by atoms with Crippen LogP contribution in [0.4, 0.5) is 0 Å². The van der Waals surface area contributed by atoms with E-state index in [1.807, 2.05) is 18.2 Å². The molecule has 1 unspecified atom stereocenters. The van der Waals surface area contributed by atoms with E-state index in [2.05, 4.69) is 59.7 Å². The second-order valence-corrected chi connectivity index (χ2v) is 9.05. The number of fused-ring (bicyclic) bond motifs is 1. The van der Waals surface area contributed by atoms with Gasteiger partial charge in [-0.1, -0.05) is 70.5 Å². The molecular weight excluding hydrogens is 304 g/mol. The molecule has 0 saturated heterocycles. The molecule has 132 valence electrons. The van der Waals surface area contributed by atoms with Gasteiger partial charge in [0.05, 0.1) is 0 Å². The number of benzene rings is 2. The summed E-state index contributed by atoms with van der Waals surface area (Å²) in [5, 5.41) is 0. The van der Waals surface area contributed by atoms with Crippen LogP contribution in [0.2, 0.25) is 0 Å². The van der Waals surface area contributed by atoms with Gasteiger partial charge in [0, 0.05) is 11.5 Å². The lowest BCUT2D eigenvalue weighted by atomic mass is 9.60. The number of aldehydes is 1. The third-order valence-electron chi connectivity index (χ3n) is 6.11. The molecule has 0 heterocycles. The molecule has 1 aliphatic rings. The first kappa shape index (κ1) is 17.9. The summed E-state index contributed by atoms with van der Waals surface area (Å²) in [4.78, 5) is 11.2. The summed E-state index contributed by atoms with van der Waals surface area (Å²) in [7, 11) is 0. The Bertz CT molecular complexity index is 811. The molecule has 0 aromatic heterocycles. The second kappa shape index (κ2) is 6.12. The molecule has 0 fully saturated rings. The van der Waals surface area contributed by atoms with Crippen molar-refractivity contribution < 1.29 is 4.79 Å². The van der Waals surface area contributed by atoms with E-state index in [4.69, 9.17) is 0 Å². The minimum atomic E-state index is 0.185. The third-order valence-corrected chi connectivity index (χ3v) is 6.11. The molecule has 1 heteroatoms. The lowest BCUT2D eigenvalue weighted by Gasteiger charge is -2.44. The molecular formula is C24H30O. The Kier molecular flexibility index (Phi) is 4.39. The summed E-state index contributed by atoms with van der Waals surface area (Å²) in [6.07, 6.45) is 3.38. The van der Waals surface area contributed by atoms with Crippen LogP contribution in [-0.4, -0.2) is 6.29 Å². The first-order chi connectivity index (χ1) is 11.7. The van der Waals surface area contributed by atoms with E-state index in [9.17, 15) is 4.79 Å². The summed E-state index contributed by atoms with van der Waals surface area (Å²) >= 11 is 0. The largest absolute Gasteiger partial charge is 0.298 e. The van der Waals surface area contributed by atoms with E-state index in [1.54, 1.807) is 0 Å². The average molecular weight is 335 g/mol. The van der Waals surface area contributed by atoms with Crippen LogP contribution in [0.25, 0.3) is 0 Å². The third kappa shape index (κ3) is 3.17. The molecule has 1 nitrogen and oxygen atoms in total. The quantitative estimate of drug-likeness (QED) is 0.601. The van der Waals surface area contributed by atoms with Crippen LogP contribution in [0.15, 0.2) is 36.4 Å². The normalized spacial score (nSPS) is 19.1. The van der Waals surface area contributed by atoms with Crippen LogP contribution >= 0.6 is 0 Å². The molecule has 0 saturated carbocycles. The molecule has 2 aromatic carbocycles. The molecule has 0 bridgehead atoms. The predicted octanol–water partition coefficient (Wildman–Crippen LogP) is 6.31. The van der Waals surface area contributed by atoms with Gasteiger partial charge in [0.15, 0.2) is 0 Å². The van der Waals surface area contributed by atoms with E-state index in [-0.39, 0.29) is 16.7 Å². The Hall–Kier alpha value is -1.89. The van der Waals surface area contributed by atoms with Crippen molar-refractivity contribution in [1.82, 2.24) is 0 Å². The van der Waals surface area contributed by atoms with Gasteiger partial charge in [0.1, 0.15) is 6.29 Å².